The second kappa shape index (κ2) is 8.25. The topological polar surface area (TPSA) is 29.9 Å². The molecule has 114 valence electrons. The zero-order chi connectivity index (χ0) is 15.1. The highest BCUT2D eigenvalue weighted by atomic mass is 32.2. The number of aromatic nitrogens is 2. The molecule has 0 bridgehead atoms. The third-order valence-corrected chi connectivity index (χ3v) is 4.52. The smallest absolute Gasteiger partial charge is 0.0522 e. The van der Waals surface area contributed by atoms with Gasteiger partial charge in [0.2, 0.25) is 0 Å². The van der Waals surface area contributed by atoms with Crippen molar-refractivity contribution in [1.29, 1.82) is 0 Å². The molecule has 2 aromatic rings. The van der Waals surface area contributed by atoms with E-state index in [1.54, 1.807) is 0 Å². The summed E-state index contributed by atoms with van der Waals surface area (Å²) in [5, 5.41) is 7.92. The fourth-order valence-corrected chi connectivity index (χ4v) is 3.38. The van der Waals surface area contributed by atoms with Crippen LogP contribution < -0.4 is 5.32 Å². The van der Waals surface area contributed by atoms with Crippen molar-refractivity contribution < 1.29 is 0 Å². The summed E-state index contributed by atoms with van der Waals surface area (Å²) >= 11 is 1.93. The molecule has 21 heavy (non-hydrogen) atoms. The molecular weight excluding hydrogens is 278 g/mol. The highest BCUT2D eigenvalue weighted by molar-refractivity contribution is 7.99. The Hall–Kier alpha value is -1.26. The highest BCUT2D eigenvalue weighted by Crippen LogP contribution is 2.20. The Bertz CT molecular complexity index is 550. The van der Waals surface area contributed by atoms with Crippen molar-refractivity contribution in [3.63, 3.8) is 0 Å². The van der Waals surface area contributed by atoms with Gasteiger partial charge in [-0.05, 0) is 44.0 Å². The molecule has 0 amide bonds. The van der Waals surface area contributed by atoms with E-state index in [1.807, 2.05) is 29.7 Å². The summed E-state index contributed by atoms with van der Waals surface area (Å²) in [7, 11) is 1.97. The summed E-state index contributed by atoms with van der Waals surface area (Å²) in [6, 6.07) is 9.21. The number of benzene rings is 1. The minimum Gasteiger partial charge on any atom is -0.313 e. The number of hydrogen-bond acceptors (Lipinski definition) is 3. The lowest BCUT2D eigenvalue weighted by Crippen LogP contribution is -2.33. The fourth-order valence-electron chi connectivity index (χ4n) is 2.30. The molecule has 2 rings (SSSR count). The molecule has 1 heterocycles. The van der Waals surface area contributed by atoms with Crippen LogP contribution in [0.3, 0.4) is 0 Å². The van der Waals surface area contributed by atoms with Gasteiger partial charge in [-0.1, -0.05) is 24.6 Å². The Morgan fingerprint density at radius 2 is 2.24 bits per heavy atom. The Morgan fingerprint density at radius 1 is 1.38 bits per heavy atom. The predicted octanol–water partition coefficient (Wildman–Crippen LogP) is 3.43. The van der Waals surface area contributed by atoms with Gasteiger partial charge >= 0.3 is 0 Å². The Morgan fingerprint density at radius 3 is 2.90 bits per heavy atom. The number of nitrogens with one attached hydrogen (secondary N) is 1. The van der Waals surface area contributed by atoms with Crippen molar-refractivity contribution in [2.24, 2.45) is 7.05 Å². The van der Waals surface area contributed by atoms with E-state index in [0.717, 1.165) is 18.7 Å². The van der Waals surface area contributed by atoms with Crippen LogP contribution in [0.1, 0.15) is 24.5 Å². The molecule has 0 aliphatic carbocycles. The maximum atomic E-state index is 4.26. The average Bonchev–Trinajstić information content (AvgIpc) is 2.87. The SMILES string of the molecule is CCCNC(CSc1cccc(C)c1)Cc1cnn(C)c1. The second-order valence-corrected chi connectivity index (χ2v) is 6.60. The van der Waals surface area contributed by atoms with Gasteiger partial charge in [-0.15, -0.1) is 11.8 Å². The predicted molar refractivity (Wildman–Crippen MR) is 90.9 cm³/mol. The Balaban J connectivity index is 1.92. The van der Waals surface area contributed by atoms with Crippen LogP contribution in [-0.4, -0.2) is 28.1 Å². The van der Waals surface area contributed by atoms with Gasteiger partial charge in [0, 0.05) is 29.9 Å². The zero-order valence-electron chi connectivity index (χ0n) is 13.2. The minimum absolute atomic E-state index is 0.486. The largest absolute Gasteiger partial charge is 0.313 e. The standard InChI is InChI=1S/C17H25N3S/c1-4-8-18-16(10-15-11-19-20(3)12-15)13-21-17-7-5-6-14(2)9-17/h5-7,9,11-12,16,18H,4,8,10,13H2,1-3H3. The van der Waals surface area contributed by atoms with Crippen molar-refractivity contribution >= 4 is 11.8 Å². The number of thioether (sulfide) groups is 1. The number of nitrogens with zero attached hydrogens (tertiary/aromatic N) is 2. The van der Waals surface area contributed by atoms with Crippen molar-refractivity contribution in [1.82, 2.24) is 15.1 Å². The zero-order valence-corrected chi connectivity index (χ0v) is 14.0. The van der Waals surface area contributed by atoms with Crippen LogP contribution in [0.5, 0.6) is 0 Å². The lowest BCUT2D eigenvalue weighted by Gasteiger charge is -2.17. The lowest BCUT2D eigenvalue weighted by atomic mass is 10.1. The van der Waals surface area contributed by atoms with E-state index in [4.69, 9.17) is 0 Å². The van der Waals surface area contributed by atoms with Crippen LogP contribution in [0, 0.1) is 6.92 Å². The van der Waals surface area contributed by atoms with Crippen molar-refractivity contribution in [2.75, 3.05) is 12.3 Å². The molecular formula is C17H25N3S. The van der Waals surface area contributed by atoms with Gasteiger partial charge in [-0.3, -0.25) is 4.68 Å². The quantitative estimate of drug-likeness (QED) is 0.758. The molecule has 1 aromatic heterocycles. The van der Waals surface area contributed by atoms with Crippen LogP contribution in [0.15, 0.2) is 41.6 Å². The summed E-state index contributed by atoms with van der Waals surface area (Å²) in [6.07, 6.45) is 6.28. The molecule has 0 radical (unpaired) electrons. The van der Waals surface area contributed by atoms with Gasteiger partial charge < -0.3 is 5.32 Å². The molecule has 1 aromatic carbocycles. The average molecular weight is 303 g/mol. The number of hydrogen-bond donors (Lipinski definition) is 1. The first-order valence-electron chi connectivity index (χ1n) is 7.57. The van der Waals surface area contributed by atoms with E-state index in [1.165, 1.54) is 22.4 Å². The Kier molecular flexibility index (Phi) is 6.33. The van der Waals surface area contributed by atoms with Crippen LogP contribution in [0.2, 0.25) is 0 Å². The second-order valence-electron chi connectivity index (χ2n) is 5.50. The van der Waals surface area contributed by atoms with Crippen LogP contribution >= 0.6 is 11.8 Å². The third-order valence-electron chi connectivity index (χ3n) is 3.36. The highest BCUT2D eigenvalue weighted by Gasteiger charge is 2.11. The summed E-state index contributed by atoms with van der Waals surface area (Å²) in [6.45, 7) is 5.42. The summed E-state index contributed by atoms with van der Waals surface area (Å²) in [5.74, 6) is 1.08. The van der Waals surface area contributed by atoms with Crippen LogP contribution in [-0.2, 0) is 13.5 Å². The molecule has 0 saturated heterocycles. The summed E-state index contributed by atoms with van der Waals surface area (Å²) < 4.78 is 1.87. The monoisotopic (exact) mass is 303 g/mol. The van der Waals surface area contributed by atoms with Crippen molar-refractivity contribution in [2.45, 2.75) is 37.6 Å². The van der Waals surface area contributed by atoms with Crippen molar-refractivity contribution in [3.05, 3.63) is 47.8 Å². The molecule has 1 unspecified atom stereocenters. The maximum absolute atomic E-state index is 4.26. The molecule has 3 nitrogen and oxygen atoms in total. The van der Waals surface area contributed by atoms with E-state index in [9.17, 15) is 0 Å². The van der Waals surface area contributed by atoms with Gasteiger partial charge in [0.05, 0.1) is 6.20 Å². The van der Waals surface area contributed by atoms with Crippen LogP contribution in [0.25, 0.3) is 0 Å². The lowest BCUT2D eigenvalue weighted by molar-refractivity contribution is 0.550. The normalized spacial score (nSPS) is 12.5. The van der Waals surface area contributed by atoms with Gasteiger partial charge in [0.1, 0.15) is 0 Å². The molecule has 1 N–H and O–H groups in total. The first kappa shape index (κ1) is 16.1. The molecule has 0 saturated carbocycles. The fraction of sp³-hybridized carbons (Fsp3) is 0.471. The third kappa shape index (κ3) is 5.56. The number of aryl methyl sites for hydroxylation is 2. The molecule has 0 spiro atoms. The van der Waals surface area contributed by atoms with Gasteiger partial charge in [-0.2, -0.15) is 5.10 Å². The minimum atomic E-state index is 0.486. The summed E-state index contributed by atoms with van der Waals surface area (Å²) in [5.41, 5.74) is 2.63. The summed E-state index contributed by atoms with van der Waals surface area (Å²) in [4.78, 5) is 1.35. The molecule has 1 atom stereocenters. The molecule has 4 heteroatoms. The Labute approximate surface area is 132 Å². The van der Waals surface area contributed by atoms with Crippen molar-refractivity contribution in [3.8, 4) is 0 Å². The van der Waals surface area contributed by atoms with E-state index < -0.39 is 0 Å². The van der Waals surface area contributed by atoms with E-state index in [-0.39, 0.29) is 0 Å². The molecule has 0 fully saturated rings. The van der Waals surface area contributed by atoms with Gasteiger partial charge in [0.25, 0.3) is 0 Å². The van der Waals surface area contributed by atoms with Gasteiger partial charge in [-0.25, -0.2) is 0 Å². The molecule has 0 aliphatic heterocycles. The van der Waals surface area contributed by atoms with Gasteiger partial charge in [0.15, 0.2) is 0 Å². The molecule has 0 aliphatic rings. The first-order valence-corrected chi connectivity index (χ1v) is 8.56. The van der Waals surface area contributed by atoms with E-state index >= 15 is 0 Å². The van der Waals surface area contributed by atoms with E-state index in [0.29, 0.717) is 6.04 Å². The first-order chi connectivity index (χ1) is 10.2. The maximum Gasteiger partial charge on any atom is 0.0522 e. The van der Waals surface area contributed by atoms with Crippen LogP contribution in [0.4, 0.5) is 0 Å². The van der Waals surface area contributed by atoms with E-state index in [2.05, 4.69) is 54.7 Å². The number of rotatable bonds is 8.